The molecule has 0 N–H and O–H groups in total. The van der Waals surface area contributed by atoms with Crippen LogP contribution < -0.4 is 0 Å². The molecule has 0 atom stereocenters. The molecule has 0 fully saturated rings. The summed E-state index contributed by atoms with van der Waals surface area (Å²) in [5.41, 5.74) is 3.38. The van der Waals surface area contributed by atoms with Crippen molar-refractivity contribution in [2.24, 2.45) is 0 Å². The van der Waals surface area contributed by atoms with Crippen LogP contribution in [-0.4, -0.2) is 0 Å². The Balaban J connectivity index is 3.04. The fourth-order valence-corrected chi connectivity index (χ4v) is 1.38. The molecule has 0 bridgehead atoms. The zero-order valence-corrected chi connectivity index (χ0v) is 9.22. The molecular weight excluding hydrogens is 180 g/mol. The summed E-state index contributed by atoms with van der Waals surface area (Å²) >= 11 is 0. The van der Waals surface area contributed by atoms with Crippen LogP contribution in [0.5, 0.6) is 0 Å². The number of hydrogen-bond donors (Lipinski definition) is 0. The van der Waals surface area contributed by atoms with E-state index >= 15 is 0 Å². The maximum absolute atomic E-state index is 3.97. The summed E-state index contributed by atoms with van der Waals surface area (Å²) in [6, 6.07) is 0. The Morgan fingerprint density at radius 2 is 2.27 bits per heavy atom. The third-order valence-corrected chi connectivity index (χ3v) is 2.37. The largest absolute Gasteiger partial charge is 0.0991 e. The van der Waals surface area contributed by atoms with Crippen LogP contribution >= 0.6 is 0 Å². The van der Waals surface area contributed by atoms with E-state index in [1.54, 1.807) is 6.08 Å². The van der Waals surface area contributed by atoms with E-state index in [0.29, 0.717) is 0 Å². The van der Waals surface area contributed by atoms with Crippen LogP contribution in [0.4, 0.5) is 0 Å². The average Bonchev–Trinajstić information content (AvgIpc) is 2.31. The standard InChI is InChI=1S/C15H16/c1-4-5-11-15-12-9-7-6-8-10-13(2)14(15)3/h4-7,11H,1-2,9,12H2,3H3/b7-6-,11-5-,15-14-. The quantitative estimate of drug-likeness (QED) is 0.463. The van der Waals surface area contributed by atoms with Gasteiger partial charge in [0.15, 0.2) is 0 Å². The zero-order valence-electron chi connectivity index (χ0n) is 9.22. The Morgan fingerprint density at radius 3 is 3.00 bits per heavy atom. The second kappa shape index (κ2) is 5.88. The molecule has 0 aliphatic heterocycles. The Morgan fingerprint density at radius 1 is 1.47 bits per heavy atom. The molecule has 0 unspecified atom stereocenters. The van der Waals surface area contributed by atoms with Gasteiger partial charge in [0.1, 0.15) is 0 Å². The van der Waals surface area contributed by atoms with Gasteiger partial charge < -0.3 is 0 Å². The van der Waals surface area contributed by atoms with E-state index in [-0.39, 0.29) is 0 Å². The molecule has 0 saturated carbocycles. The molecule has 0 aromatic rings. The second-order valence-corrected chi connectivity index (χ2v) is 3.43. The van der Waals surface area contributed by atoms with Crippen molar-refractivity contribution in [2.45, 2.75) is 19.8 Å². The summed E-state index contributed by atoms with van der Waals surface area (Å²) in [6.45, 7) is 9.72. The molecule has 0 aromatic carbocycles. The molecular formula is C15H16. The van der Waals surface area contributed by atoms with E-state index in [4.69, 9.17) is 0 Å². The van der Waals surface area contributed by atoms with E-state index in [1.165, 1.54) is 11.1 Å². The van der Waals surface area contributed by atoms with Crippen LogP contribution in [0.3, 0.4) is 0 Å². The summed E-state index contributed by atoms with van der Waals surface area (Å²) in [6.07, 6.45) is 11.9. The van der Waals surface area contributed by atoms with Crippen LogP contribution in [0.2, 0.25) is 0 Å². The summed E-state index contributed by atoms with van der Waals surface area (Å²) in [5.74, 6) is 6.01. The highest BCUT2D eigenvalue weighted by Gasteiger charge is 2.01. The third-order valence-electron chi connectivity index (χ3n) is 2.37. The molecule has 0 spiro atoms. The zero-order chi connectivity index (χ0) is 11.1. The number of allylic oxidation sites excluding steroid dienone is 8. The summed E-state index contributed by atoms with van der Waals surface area (Å²) in [4.78, 5) is 0. The van der Waals surface area contributed by atoms with E-state index in [0.717, 1.165) is 18.4 Å². The molecule has 1 aliphatic rings. The van der Waals surface area contributed by atoms with Crippen molar-refractivity contribution in [3.8, 4) is 11.8 Å². The first-order chi connectivity index (χ1) is 7.25. The molecule has 0 amide bonds. The minimum Gasteiger partial charge on any atom is -0.0991 e. The van der Waals surface area contributed by atoms with Gasteiger partial charge in [-0.1, -0.05) is 49.3 Å². The molecule has 0 nitrogen and oxygen atoms in total. The highest BCUT2D eigenvalue weighted by Crippen LogP contribution is 2.19. The van der Waals surface area contributed by atoms with Gasteiger partial charge in [0, 0.05) is 5.57 Å². The van der Waals surface area contributed by atoms with Gasteiger partial charge in [-0.2, -0.15) is 0 Å². The highest BCUT2D eigenvalue weighted by atomic mass is 14.1. The monoisotopic (exact) mass is 196 g/mol. The molecule has 76 valence electrons. The van der Waals surface area contributed by atoms with Crippen LogP contribution in [0.15, 0.2) is 60.3 Å². The lowest BCUT2D eigenvalue weighted by Gasteiger charge is -2.05. The first-order valence-corrected chi connectivity index (χ1v) is 5.10. The molecule has 0 heteroatoms. The predicted octanol–water partition coefficient (Wildman–Crippen LogP) is 3.95. The first-order valence-electron chi connectivity index (χ1n) is 5.10. The summed E-state index contributed by atoms with van der Waals surface area (Å²) in [5, 5.41) is 0. The normalized spacial score (nSPS) is 23.7. The third kappa shape index (κ3) is 3.48. The van der Waals surface area contributed by atoms with Crippen molar-refractivity contribution >= 4 is 0 Å². The van der Waals surface area contributed by atoms with Crippen molar-refractivity contribution < 1.29 is 0 Å². The molecule has 0 radical (unpaired) electrons. The number of rotatable bonds is 2. The van der Waals surface area contributed by atoms with Gasteiger partial charge in [0.2, 0.25) is 0 Å². The van der Waals surface area contributed by atoms with Gasteiger partial charge in [0.25, 0.3) is 0 Å². The lowest BCUT2D eigenvalue weighted by Crippen LogP contribution is -1.88. The van der Waals surface area contributed by atoms with E-state index in [9.17, 15) is 0 Å². The average molecular weight is 196 g/mol. The lowest BCUT2D eigenvalue weighted by molar-refractivity contribution is 0.992. The van der Waals surface area contributed by atoms with Gasteiger partial charge in [-0.05, 0) is 37.0 Å². The van der Waals surface area contributed by atoms with Crippen LogP contribution in [0, 0.1) is 11.8 Å². The SMILES string of the molecule is C=C/C=C\C1=C(/C)C(=C)C#C/C=C\CC1. The minimum atomic E-state index is 0.908. The lowest BCUT2D eigenvalue weighted by atomic mass is 9.99. The number of hydrogen-bond acceptors (Lipinski definition) is 0. The maximum atomic E-state index is 3.97. The molecule has 0 saturated heterocycles. The Kier molecular flexibility index (Phi) is 4.44. The Hall–Kier alpha value is -1.74. The van der Waals surface area contributed by atoms with Gasteiger partial charge in [-0.15, -0.1) is 0 Å². The first kappa shape index (κ1) is 11.3. The van der Waals surface area contributed by atoms with Crippen molar-refractivity contribution in [2.75, 3.05) is 0 Å². The maximum Gasteiger partial charge on any atom is 0.0208 e. The fraction of sp³-hybridized carbons (Fsp3) is 0.200. The van der Waals surface area contributed by atoms with Crippen LogP contribution in [0.25, 0.3) is 0 Å². The Labute approximate surface area is 92.4 Å². The molecule has 0 aromatic heterocycles. The van der Waals surface area contributed by atoms with E-state index < -0.39 is 0 Å². The van der Waals surface area contributed by atoms with Crippen molar-refractivity contribution in [1.82, 2.24) is 0 Å². The highest BCUT2D eigenvalue weighted by molar-refractivity contribution is 5.49. The summed E-state index contributed by atoms with van der Waals surface area (Å²) in [7, 11) is 0. The van der Waals surface area contributed by atoms with Crippen LogP contribution in [-0.2, 0) is 0 Å². The van der Waals surface area contributed by atoms with Crippen LogP contribution in [0.1, 0.15) is 19.8 Å². The molecule has 1 rings (SSSR count). The fourth-order valence-electron chi connectivity index (χ4n) is 1.38. The molecule has 1 aliphatic carbocycles. The Bertz CT molecular complexity index is 403. The van der Waals surface area contributed by atoms with E-state index in [1.807, 2.05) is 12.2 Å². The molecule has 0 heterocycles. The van der Waals surface area contributed by atoms with Crippen molar-refractivity contribution in [3.63, 3.8) is 0 Å². The van der Waals surface area contributed by atoms with Gasteiger partial charge in [-0.3, -0.25) is 0 Å². The van der Waals surface area contributed by atoms with Gasteiger partial charge in [-0.25, -0.2) is 0 Å². The predicted molar refractivity (Wildman–Crippen MR) is 67.3 cm³/mol. The smallest absolute Gasteiger partial charge is 0.0208 e. The van der Waals surface area contributed by atoms with Gasteiger partial charge in [0.05, 0.1) is 0 Å². The summed E-state index contributed by atoms with van der Waals surface area (Å²) < 4.78 is 0. The van der Waals surface area contributed by atoms with Gasteiger partial charge >= 0.3 is 0 Å². The second-order valence-electron chi connectivity index (χ2n) is 3.43. The van der Waals surface area contributed by atoms with E-state index in [2.05, 4.69) is 44.1 Å². The topological polar surface area (TPSA) is 0 Å². The van der Waals surface area contributed by atoms with Crippen molar-refractivity contribution in [1.29, 1.82) is 0 Å². The van der Waals surface area contributed by atoms with Crippen molar-refractivity contribution in [3.05, 3.63) is 60.3 Å². The molecule has 15 heavy (non-hydrogen) atoms. The minimum absolute atomic E-state index is 0.908.